The summed E-state index contributed by atoms with van der Waals surface area (Å²) in [7, 11) is 3.54. The number of aromatic nitrogens is 2. The standard InChI is InChI=1S/C19H21N3OS/c1-13(2)15-12-16(22(20-15)14-8-6-5-7-9-14)17-10-11-18(24-17)19(23)21(3)4/h5-13H,1-4H3. The number of nitrogens with zero attached hydrogens (tertiary/aromatic N) is 3. The van der Waals surface area contributed by atoms with Gasteiger partial charge in [0.2, 0.25) is 0 Å². The second-order valence-corrected chi connectivity index (χ2v) is 7.30. The Bertz CT molecular complexity index is 847. The summed E-state index contributed by atoms with van der Waals surface area (Å²) in [5.41, 5.74) is 3.09. The van der Waals surface area contributed by atoms with Gasteiger partial charge in [0.05, 0.1) is 26.8 Å². The minimum absolute atomic E-state index is 0.0288. The van der Waals surface area contributed by atoms with E-state index in [4.69, 9.17) is 5.10 Å². The number of hydrogen-bond acceptors (Lipinski definition) is 3. The third kappa shape index (κ3) is 3.12. The number of benzene rings is 1. The molecule has 2 aromatic heterocycles. The van der Waals surface area contributed by atoms with Gasteiger partial charge in [-0.2, -0.15) is 5.10 Å². The second kappa shape index (κ2) is 6.61. The molecule has 0 atom stereocenters. The van der Waals surface area contributed by atoms with Crippen molar-refractivity contribution < 1.29 is 4.79 Å². The fourth-order valence-electron chi connectivity index (χ4n) is 2.43. The minimum atomic E-state index is 0.0288. The maximum Gasteiger partial charge on any atom is 0.263 e. The van der Waals surface area contributed by atoms with Gasteiger partial charge in [0, 0.05) is 14.1 Å². The number of amides is 1. The Morgan fingerprint density at radius 3 is 2.46 bits per heavy atom. The Morgan fingerprint density at radius 1 is 1.12 bits per heavy atom. The second-order valence-electron chi connectivity index (χ2n) is 6.22. The van der Waals surface area contributed by atoms with Crippen LogP contribution in [0.5, 0.6) is 0 Å². The van der Waals surface area contributed by atoms with Gasteiger partial charge in [0.15, 0.2) is 0 Å². The molecule has 24 heavy (non-hydrogen) atoms. The molecule has 2 heterocycles. The van der Waals surface area contributed by atoms with E-state index in [1.807, 2.05) is 47.1 Å². The van der Waals surface area contributed by atoms with Crippen molar-refractivity contribution in [2.75, 3.05) is 14.1 Å². The average Bonchev–Trinajstić information content (AvgIpc) is 3.21. The van der Waals surface area contributed by atoms with Crippen LogP contribution in [0.1, 0.15) is 35.1 Å². The maximum absolute atomic E-state index is 12.2. The molecule has 1 aromatic carbocycles. The summed E-state index contributed by atoms with van der Waals surface area (Å²) in [6, 6.07) is 16.1. The molecule has 0 aliphatic rings. The number of thiophene rings is 1. The lowest BCUT2D eigenvalue weighted by Crippen LogP contribution is -2.20. The number of carbonyl (C=O) groups is 1. The van der Waals surface area contributed by atoms with E-state index in [-0.39, 0.29) is 5.91 Å². The van der Waals surface area contributed by atoms with Crippen LogP contribution in [0.2, 0.25) is 0 Å². The summed E-state index contributed by atoms with van der Waals surface area (Å²) in [5, 5.41) is 4.77. The molecule has 0 aliphatic carbocycles. The van der Waals surface area contributed by atoms with Gasteiger partial charge in [-0.1, -0.05) is 32.0 Å². The Kier molecular flexibility index (Phi) is 4.53. The van der Waals surface area contributed by atoms with Crippen LogP contribution in [-0.2, 0) is 0 Å². The lowest BCUT2D eigenvalue weighted by atomic mass is 10.1. The quantitative estimate of drug-likeness (QED) is 0.705. The molecule has 0 bridgehead atoms. The first kappa shape index (κ1) is 16.5. The molecule has 0 aliphatic heterocycles. The third-order valence-electron chi connectivity index (χ3n) is 3.80. The zero-order valence-corrected chi connectivity index (χ0v) is 15.2. The van der Waals surface area contributed by atoms with Crippen LogP contribution >= 0.6 is 11.3 Å². The van der Waals surface area contributed by atoms with E-state index in [1.54, 1.807) is 19.0 Å². The molecule has 0 saturated carbocycles. The highest BCUT2D eigenvalue weighted by molar-refractivity contribution is 7.17. The lowest BCUT2D eigenvalue weighted by molar-refractivity contribution is 0.0832. The van der Waals surface area contributed by atoms with E-state index in [1.165, 1.54) is 11.3 Å². The number of rotatable bonds is 4. The van der Waals surface area contributed by atoms with E-state index in [9.17, 15) is 4.79 Å². The Hall–Kier alpha value is -2.40. The molecule has 4 nitrogen and oxygen atoms in total. The summed E-state index contributed by atoms with van der Waals surface area (Å²) < 4.78 is 1.96. The van der Waals surface area contributed by atoms with Gasteiger partial charge < -0.3 is 4.90 Å². The fraction of sp³-hybridized carbons (Fsp3) is 0.263. The topological polar surface area (TPSA) is 38.1 Å². The molecule has 0 unspecified atom stereocenters. The molecule has 5 heteroatoms. The van der Waals surface area contributed by atoms with Crippen molar-refractivity contribution in [3.63, 3.8) is 0 Å². The van der Waals surface area contributed by atoms with Gasteiger partial charge >= 0.3 is 0 Å². The first-order chi connectivity index (χ1) is 11.5. The molecular formula is C19H21N3OS. The Morgan fingerprint density at radius 2 is 1.83 bits per heavy atom. The zero-order chi connectivity index (χ0) is 17.3. The predicted octanol–water partition coefficient (Wildman–Crippen LogP) is 4.43. The van der Waals surface area contributed by atoms with Gasteiger partial charge in [0.1, 0.15) is 0 Å². The van der Waals surface area contributed by atoms with Crippen molar-refractivity contribution in [3.05, 3.63) is 59.1 Å². The third-order valence-corrected chi connectivity index (χ3v) is 4.89. The zero-order valence-electron chi connectivity index (χ0n) is 14.4. The number of carbonyl (C=O) groups excluding carboxylic acids is 1. The molecule has 3 aromatic rings. The minimum Gasteiger partial charge on any atom is -0.344 e. The predicted molar refractivity (Wildman–Crippen MR) is 99.0 cm³/mol. The Labute approximate surface area is 146 Å². The van der Waals surface area contributed by atoms with Crippen LogP contribution in [0.3, 0.4) is 0 Å². The van der Waals surface area contributed by atoms with Gasteiger partial charge in [-0.25, -0.2) is 4.68 Å². The molecule has 0 saturated heterocycles. The van der Waals surface area contributed by atoms with Crippen molar-refractivity contribution in [2.45, 2.75) is 19.8 Å². The summed E-state index contributed by atoms with van der Waals surface area (Å²) in [6.07, 6.45) is 0. The largest absolute Gasteiger partial charge is 0.344 e. The van der Waals surface area contributed by atoms with Gasteiger partial charge in [-0.15, -0.1) is 11.3 Å². The first-order valence-electron chi connectivity index (χ1n) is 7.94. The molecule has 0 radical (unpaired) electrons. The molecule has 3 rings (SSSR count). The average molecular weight is 339 g/mol. The van der Waals surface area contributed by atoms with Crippen LogP contribution in [0.4, 0.5) is 0 Å². The van der Waals surface area contributed by atoms with Crippen molar-refractivity contribution in [1.29, 1.82) is 0 Å². The highest BCUT2D eigenvalue weighted by Gasteiger charge is 2.17. The Balaban J connectivity index is 2.09. The van der Waals surface area contributed by atoms with Crippen LogP contribution in [0.15, 0.2) is 48.5 Å². The monoisotopic (exact) mass is 339 g/mol. The number of hydrogen-bond donors (Lipinski definition) is 0. The van der Waals surface area contributed by atoms with Gasteiger partial charge in [-0.3, -0.25) is 4.79 Å². The van der Waals surface area contributed by atoms with Crippen LogP contribution in [0.25, 0.3) is 16.3 Å². The molecule has 124 valence electrons. The van der Waals surface area contributed by atoms with Crippen molar-refractivity contribution in [3.8, 4) is 16.3 Å². The van der Waals surface area contributed by atoms with Crippen LogP contribution in [-0.4, -0.2) is 34.7 Å². The summed E-state index contributed by atoms with van der Waals surface area (Å²) in [4.78, 5) is 15.6. The van der Waals surface area contributed by atoms with E-state index >= 15 is 0 Å². The van der Waals surface area contributed by atoms with Crippen molar-refractivity contribution in [2.24, 2.45) is 0 Å². The summed E-state index contributed by atoms with van der Waals surface area (Å²) in [6.45, 7) is 4.27. The molecular weight excluding hydrogens is 318 g/mol. The SMILES string of the molecule is CC(C)c1cc(-c2ccc(C(=O)N(C)C)s2)n(-c2ccccc2)n1. The van der Waals surface area contributed by atoms with Gasteiger partial charge in [-0.05, 0) is 36.2 Å². The molecule has 0 spiro atoms. The summed E-state index contributed by atoms with van der Waals surface area (Å²) >= 11 is 1.50. The van der Waals surface area contributed by atoms with Gasteiger partial charge in [0.25, 0.3) is 5.91 Å². The van der Waals surface area contributed by atoms with E-state index < -0.39 is 0 Å². The van der Waals surface area contributed by atoms with E-state index in [2.05, 4.69) is 19.9 Å². The van der Waals surface area contributed by atoms with Crippen LogP contribution in [0, 0.1) is 0 Å². The van der Waals surface area contributed by atoms with Crippen molar-refractivity contribution in [1.82, 2.24) is 14.7 Å². The maximum atomic E-state index is 12.2. The summed E-state index contributed by atoms with van der Waals surface area (Å²) in [5.74, 6) is 0.373. The normalized spacial score (nSPS) is 11.0. The first-order valence-corrected chi connectivity index (χ1v) is 8.76. The molecule has 0 N–H and O–H groups in total. The highest BCUT2D eigenvalue weighted by Crippen LogP contribution is 2.32. The smallest absolute Gasteiger partial charge is 0.263 e. The fourth-order valence-corrected chi connectivity index (χ4v) is 3.46. The van der Waals surface area contributed by atoms with E-state index in [0.717, 1.165) is 26.8 Å². The number of para-hydroxylation sites is 1. The molecule has 1 amide bonds. The molecule has 0 fully saturated rings. The highest BCUT2D eigenvalue weighted by atomic mass is 32.1. The lowest BCUT2D eigenvalue weighted by Gasteiger charge is -2.07. The van der Waals surface area contributed by atoms with Crippen LogP contribution < -0.4 is 0 Å². The van der Waals surface area contributed by atoms with E-state index in [0.29, 0.717) is 5.92 Å². The van der Waals surface area contributed by atoms with Crippen molar-refractivity contribution >= 4 is 17.2 Å².